The standard InChI is InChI=1S/CHI2O/c2-1(3)4/h1H. The Morgan fingerprint density at radius 2 is 1.50 bits per heavy atom. The molecule has 0 aliphatic rings. The number of rotatable bonds is 0. The Morgan fingerprint density at radius 3 is 1.50 bits per heavy atom. The van der Waals surface area contributed by atoms with E-state index >= 15 is 0 Å². The summed E-state index contributed by atoms with van der Waals surface area (Å²) in [6, 6.07) is 0. The maximum atomic E-state index is 9.50. The first kappa shape index (κ1) is 5.42. The van der Waals surface area contributed by atoms with Gasteiger partial charge in [-0.25, -0.2) is 5.11 Å². The lowest BCUT2D eigenvalue weighted by Crippen LogP contribution is -1.65. The fourth-order valence-corrected chi connectivity index (χ4v) is 0. The SMILES string of the molecule is [O]C(I)I. The summed E-state index contributed by atoms with van der Waals surface area (Å²) in [5.74, 6) is 0. The van der Waals surface area contributed by atoms with Gasteiger partial charge in [0.05, 0.1) is 0 Å². The molecule has 3 heteroatoms. The number of hydrogen-bond donors (Lipinski definition) is 0. The van der Waals surface area contributed by atoms with Crippen molar-refractivity contribution in [2.45, 2.75) is 2.12 Å². The van der Waals surface area contributed by atoms with Crippen LogP contribution in [0, 0.1) is 0 Å². The third-order valence-electron chi connectivity index (χ3n) is 0. The average Bonchev–Trinajstić information content (AvgIpc) is 0.811. The van der Waals surface area contributed by atoms with Gasteiger partial charge < -0.3 is 0 Å². The largest absolute Gasteiger partial charge is 0.210 e. The van der Waals surface area contributed by atoms with Gasteiger partial charge in [0, 0.05) is 0 Å². The van der Waals surface area contributed by atoms with Crippen molar-refractivity contribution < 1.29 is 5.11 Å². The molecule has 0 spiro atoms. The summed E-state index contributed by atoms with van der Waals surface area (Å²) >= 11 is 3.55. The topological polar surface area (TPSA) is 19.9 Å². The van der Waals surface area contributed by atoms with Crippen LogP contribution in [0.3, 0.4) is 0 Å². The van der Waals surface area contributed by atoms with Gasteiger partial charge in [0.2, 0.25) is 0 Å². The molecule has 4 heavy (non-hydrogen) atoms. The molecule has 0 saturated heterocycles. The molecule has 25 valence electrons. The van der Waals surface area contributed by atoms with Crippen molar-refractivity contribution in [1.29, 1.82) is 0 Å². The number of halogens is 2. The smallest absolute Gasteiger partial charge is 0.194 e. The molecule has 0 unspecified atom stereocenters. The second kappa shape index (κ2) is 2.65. The predicted molar refractivity (Wildman–Crippen MR) is 32.5 cm³/mol. The molecule has 0 amide bonds. The van der Waals surface area contributed by atoms with E-state index < -0.39 is 2.12 Å². The van der Waals surface area contributed by atoms with E-state index in [9.17, 15) is 5.11 Å². The molecule has 0 fully saturated rings. The van der Waals surface area contributed by atoms with Crippen LogP contribution in [0.1, 0.15) is 0 Å². The van der Waals surface area contributed by atoms with Gasteiger partial charge in [-0.3, -0.25) is 0 Å². The molecular weight excluding hydrogens is 282 g/mol. The molecule has 0 aromatic heterocycles. The molecule has 0 atom stereocenters. The first-order chi connectivity index (χ1) is 1.73. The number of alkyl halides is 2. The predicted octanol–water partition coefficient (Wildman–Crippen LogP) is 1.57. The van der Waals surface area contributed by atoms with Gasteiger partial charge >= 0.3 is 0 Å². The van der Waals surface area contributed by atoms with Crippen molar-refractivity contribution in [3.8, 4) is 0 Å². The second-order valence-corrected chi connectivity index (χ2v) is 4.91. The normalized spacial score (nSPS) is 9.00. The second-order valence-electron chi connectivity index (χ2n) is 0.261. The van der Waals surface area contributed by atoms with Gasteiger partial charge in [-0.2, -0.15) is 0 Å². The minimum atomic E-state index is -0.477. The van der Waals surface area contributed by atoms with Crippen LogP contribution in [0.25, 0.3) is 0 Å². The van der Waals surface area contributed by atoms with E-state index in [2.05, 4.69) is 0 Å². The van der Waals surface area contributed by atoms with Gasteiger partial charge in [-0.15, -0.1) is 0 Å². The lowest BCUT2D eigenvalue weighted by Gasteiger charge is -1.69. The fourth-order valence-electron chi connectivity index (χ4n) is 0. The molecule has 0 saturated carbocycles. The van der Waals surface area contributed by atoms with Crippen LogP contribution in [-0.2, 0) is 5.11 Å². The highest BCUT2D eigenvalue weighted by Crippen LogP contribution is 2.02. The zero-order chi connectivity index (χ0) is 3.58. The van der Waals surface area contributed by atoms with Gasteiger partial charge in [0.1, 0.15) is 0 Å². The fraction of sp³-hybridized carbons (Fsp3) is 1.00. The van der Waals surface area contributed by atoms with Crippen molar-refractivity contribution in [3.63, 3.8) is 0 Å². The molecule has 1 nitrogen and oxygen atoms in total. The van der Waals surface area contributed by atoms with Crippen LogP contribution in [0.5, 0.6) is 0 Å². The van der Waals surface area contributed by atoms with E-state index in [0.717, 1.165) is 0 Å². The van der Waals surface area contributed by atoms with Crippen molar-refractivity contribution in [3.05, 3.63) is 0 Å². The summed E-state index contributed by atoms with van der Waals surface area (Å²) in [6.45, 7) is 0. The quantitative estimate of drug-likeness (QED) is 0.475. The highest BCUT2D eigenvalue weighted by molar-refractivity contribution is 14.2. The lowest BCUT2D eigenvalue weighted by molar-refractivity contribution is 0.257. The van der Waals surface area contributed by atoms with E-state index in [1.54, 1.807) is 45.2 Å². The van der Waals surface area contributed by atoms with E-state index in [1.807, 2.05) is 0 Å². The zero-order valence-electron chi connectivity index (χ0n) is 1.74. The molecule has 0 heterocycles. The highest BCUT2D eigenvalue weighted by Gasteiger charge is 1.79. The summed E-state index contributed by atoms with van der Waals surface area (Å²) in [5.41, 5.74) is 0. The van der Waals surface area contributed by atoms with Crippen molar-refractivity contribution in [1.82, 2.24) is 0 Å². The van der Waals surface area contributed by atoms with Crippen LogP contribution in [0.15, 0.2) is 0 Å². The first-order valence-corrected chi connectivity index (χ1v) is 3.16. The van der Waals surface area contributed by atoms with E-state index in [-0.39, 0.29) is 0 Å². The molecule has 0 rings (SSSR count). The monoisotopic (exact) mass is 283 g/mol. The minimum Gasteiger partial charge on any atom is -0.210 e. The van der Waals surface area contributed by atoms with Crippen molar-refractivity contribution >= 4 is 45.2 Å². The molecule has 0 aliphatic heterocycles. The summed E-state index contributed by atoms with van der Waals surface area (Å²) in [6.07, 6.45) is 0. The molecule has 1 radical (unpaired) electrons. The third-order valence-corrected chi connectivity index (χ3v) is 0. The van der Waals surface area contributed by atoms with Crippen LogP contribution in [0.2, 0.25) is 0 Å². The van der Waals surface area contributed by atoms with Gasteiger partial charge in [0.25, 0.3) is 0 Å². The van der Waals surface area contributed by atoms with Crippen LogP contribution < -0.4 is 0 Å². The molecular formula is CHI2O. The Labute approximate surface area is 52.1 Å². The molecule has 0 aromatic rings. The highest BCUT2D eigenvalue weighted by atomic mass is 127. The Morgan fingerprint density at radius 1 is 1.50 bits per heavy atom. The van der Waals surface area contributed by atoms with E-state index in [0.29, 0.717) is 0 Å². The van der Waals surface area contributed by atoms with E-state index in [4.69, 9.17) is 0 Å². The van der Waals surface area contributed by atoms with Crippen molar-refractivity contribution in [2.75, 3.05) is 0 Å². The van der Waals surface area contributed by atoms with Crippen LogP contribution in [-0.4, -0.2) is 2.12 Å². The molecule has 0 aliphatic carbocycles. The summed E-state index contributed by atoms with van der Waals surface area (Å²) < 4.78 is -0.477. The zero-order valence-corrected chi connectivity index (χ0v) is 6.06. The Hall–Kier alpha value is 1.42. The first-order valence-electron chi connectivity index (χ1n) is 0.672. The van der Waals surface area contributed by atoms with Gasteiger partial charge in [0.15, 0.2) is 2.12 Å². The Kier molecular flexibility index (Phi) is 3.59. The lowest BCUT2D eigenvalue weighted by atomic mass is 11.8. The van der Waals surface area contributed by atoms with Crippen molar-refractivity contribution in [2.24, 2.45) is 0 Å². The minimum absolute atomic E-state index is 0.477. The summed E-state index contributed by atoms with van der Waals surface area (Å²) in [7, 11) is 0. The Balaban J connectivity index is 2.32. The van der Waals surface area contributed by atoms with Gasteiger partial charge in [-0.1, -0.05) is 0 Å². The van der Waals surface area contributed by atoms with Crippen LogP contribution in [0.4, 0.5) is 0 Å². The summed E-state index contributed by atoms with van der Waals surface area (Å²) in [5, 5.41) is 9.50. The number of hydrogen-bond acceptors (Lipinski definition) is 0. The third kappa shape index (κ3) is 9.93. The Bertz CT molecular complexity index is 10.8. The summed E-state index contributed by atoms with van der Waals surface area (Å²) in [4.78, 5) is 0. The maximum absolute atomic E-state index is 9.50. The van der Waals surface area contributed by atoms with E-state index in [1.165, 1.54) is 0 Å². The maximum Gasteiger partial charge on any atom is 0.194 e. The molecule has 0 bridgehead atoms. The average molecular weight is 283 g/mol. The molecule has 0 aromatic carbocycles. The van der Waals surface area contributed by atoms with Crippen LogP contribution >= 0.6 is 45.2 Å². The van der Waals surface area contributed by atoms with Gasteiger partial charge in [-0.05, 0) is 45.2 Å². The molecule has 0 N–H and O–H groups in total.